The van der Waals surface area contributed by atoms with Crippen molar-refractivity contribution in [2.75, 3.05) is 11.9 Å². The summed E-state index contributed by atoms with van der Waals surface area (Å²) < 4.78 is 5.53. The second-order valence-corrected chi connectivity index (χ2v) is 6.58. The van der Waals surface area contributed by atoms with Crippen molar-refractivity contribution < 1.29 is 14.3 Å². The second-order valence-electron chi connectivity index (χ2n) is 6.15. The number of aromatic nitrogens is 2. The van der Waals surface area contributed by atoms with E-state index in [4.69, 9.17) is 16.3 Å². The van der Waals surface area contributed by atoms with Gasteiger partial charge in [0.2, 0.25) is 5.88 Å². The number of ether oxygens (including phenoxy) is 1. The highest BCUT2D eigenvalue weighted by molar-refractivity contribution is 6.30. The molecule has 0 aliphatic carbocycles. The molecule has 6 nitrogen and oxygen atoms in total. The van der Waals surface area contributed by atoms with E-state index in [2.05, 4.69) is 15.3 Å². The van der Waals surface area contributed by atoms with Gasteiger partial charge in [0, 0.05) is 33.6 Å². The summed E-state index contributed by atoms with van der Waals surface area (Å²) in [4.78, 5) is 32.1. The van der Waals surface area contributed by atoms with Gasteiger partial charge in [0.05, 0.1) is 0 Å². The van der Waals surface area contributed by atoms with Crippen LogP contribution in [0.25, 0.3) is 11.4 Å². The number of Topliss-reactive ketones (excluding diaryl/α,β-unsaturated/α-hetero) is 1. The highest BCUT2D eigenvalue weighted by Crippen LogP contribution is 2.21. The van der Waals surface area contributed by atoms with Crippen molar-refractivity contribution in [3.05, 3.63) is 70.9 Å². The number of hydrogen-bond acceptors (Lipinski definition) is 5. The molecule has 0 aliphatic heterocycles. The smallest absolute Gasteiger partial charge is 0.262 e. The molecule has 0 fully saturated rings. The Kier molecular flexibility index (Phi) is 6.01. The Bertz CT molecular complexity index is 1000. The first-order valence-electron chi connectivity index (χ1n) is 8.56. The zero-order chi connectivity index (χ0) is 20.1. The van der Waals surface area contributed by atoms with Crippen molar-refractivity contribution in [2.45, 2.75) is 13.8 Å². The Balaban J connectivity index is 1.64. The lowest BCUT2D eigenvalue weighted by atomic mass is 10.1. The number of rotatable bonds is 6. The van der Waals surface area contributed by atoms with E-state index in [0.717, 1.165) is 11.3 Å². The van der Waals surface area contributed by atoms with Gasteiger partial charge in [-0.25, -0.2) is 4.98 Å². The van der Waals surface area contributed by atoms with Crippen LogP contribution in [-0.2, 0) is 4.79 Å². The van der Waals surface area contributed by atoms with Crippen molar-refractivity contribution >= 4 is 29.0 Å². The molecule has 142 valence electrons. The van der Waals surface area contributed by atoms with E-state index in [0.29, 0.717) is 28.0 Å². The number of amides is 1. The average Bonchev–Trinajstić information content (AvgIpc) is 2.67. The molecule has 0 atom stereocenters. The number of aryl methyl sites for hydroxylation is 1. The molecular formula is C21H18ClN3O3. The zero-order valence-electron chi connectivity index (χ0n) is 15.4. The van der Waals surface area contributed by atoms with Crippen LogP contribution in [0.15, 0.2) is 54.6 Å². The summed E-state index contributed by atoms with van der Waals surface area (Å²) in [5.41, 5.74) is 2.68. The van der Waals surface area contributed by atoms with Crippen LogP contribution in [0.4, 0.5) is 5.69 Å². The first-order chi connectivity index (χ1) is 13.4. The fraction of sp³-hybridized carbons (Fsp3) is 0.143. The van der Waals surface area contributed by atoms with Crippen LogP contribution < -0.4 is 10.1 Å². The van der Waals surface area contributed by atoms with E-state index in [1.165, 1.54) is 6.92 Å². The average molecular weight is 396 g/mol. The van der Waals surface area contributed by atoms with Gasteiger partial charge in [-0.1, -0.05) is 11.6 Å². The van der Waals surface area contributed by atoms with Crippen molar-refractivity contribution in [3.63, 3.8) is 0 Å². The summed E-state index contributed by atoms with van der Waals surface area (Å²) in [6.45, 7) is 3.11. The highest BCUT2D eigenvalue weighted by atomic mass is 35.5. The molecule has 0 saturated carbocycles. The molecule has 3 rings (SSSR count). The highest BCUT2D eigenvalue weighted by Gasteiger charge is 2.09. The summed E-state index contributed by atoms with van der Waals surface area (Å²) in [7, 11) is 0. The van der Waals surface area contributed by atoms with Gasteiger partial charge in [-0.05, 0) is 62.4 Å². The minimum absolute atomic E-state index is 0.0307. The minimum Gasteiger partial charge on any atom is -0.467 e. The van der Waals surface area contributed by atoms with Gasteiger partial charge in [-0.2, -0.15) is 4.98 Å². The molecule has 1 aromatic heterocycles. The summed E-state index contributed by atoms with van der Waals surface area (Å²) in [5.74, 6) is 0.433. The lowest BCUT2D eigenvalue weighted by molar-refractivity contribution is -0.118. The number of carbonyl (C=O) groups is 2. The van der Waals surface area contributed by atoms with Gasteiger partial charge >= 0.3 is 0 Å². The number of hydrogen-bond donors (Lipinski definition) is 1. The van der Waals surface area contributed by atoms with Crippen LogP contribution in [0.3, 0.4) is 0 Å². The Morgan fingerprint density at radius 2 is 1.71 bits per heavy atom. The number of nitrogens with zero attached hydrogens (tertiary/aromatic N) is 2. The molecule has 7 heteroatoms. The number of carbonyl (C=O) groups excluding carboxylic acids is 2. The topological polar surface area (TPSA) is 81.2 Å². The number of anilines is 1. The monoisotopic (exact) mass is 395 g/mol. The molecule has 1 heterocycles. The quantitative estimate of drug-likeness (QED) is 0.628. The number of halogens is 1. The molecule has 0 spiro atoms. The van der Waals surface area contributed by atoms with Crippen LogP contribution in [0, 0.1) is 6.92 Å². The van der Waals surface area contributed by atoms with Crippen LogP contribution in [-0.4, -0.2) is 28.3 Å². The molecule has 0 unspecified atom stereocenters. The van der Waals surface area contributed by atoms with Gasteiger partial charge in [-0.3, -0.25) is 9.59 Å². The molecule has 0 saturated heterocycles. The van der Waals surface area contributed by atoms with Crippen molar-refractivity contribution in [2.24, 2.45) is 0 Å². The van der Waals surface area contributed by atoms with Gasteiger partial charge in [0.15, 0.2) is 18.2 Å². The summed E-state index contributed by atoms with van der Waals surface area (Å²) in [6, 6.07) is 15.5. The van der Waals surface area contributed by atoms with Crippen LogP contribution >= 0.6 is 11.6 Å². The Morgan fingerprint density at radius 1 is 1.04 bits per heavy atom. The molecule has 3 aromatic rings. The van der Waals surface area contributed by atoms with Crippen molar-refractivity contribution in [1.29, 1.82) is 0 Å². The van der Waals surface area contributed by atoms with Crippen LogP contribution in [0.2, 0.25) is 5.02 Å². The maximum Gasteiger partial charge on any atom is 0.262 e. The SMILES string of the molecule is CC(=O)c1ccc(NC(=O)COc2cc(C)nc(-c3ccc(Cl)cc3)n2)cc1. The normalized spacial score (nSPS) is 10.4. The molecule has 0 radical (unpaired) electrons. The fourth-order valence-electron chi connectivity index (χ4n) is 2.47. The van der Waals surface area contributed by atoms with E-state index >= 15 is 0 Å². The molecule has 0 bridgehead atoms. The molecule has 28 heavy (non-hydrogen) atoms. The summed E-state index contributed by atoms with van der Waals surface area (Å²) in [6.07, 6.45) is 0. The van der Waals surface area contributed by atoms with Crippen LogP contribution in [0.5, 0.6) is 5.88 Å². The molecule has 2 aromatic carbocycles. The van der Waals surface area contributed by atoms with E-state index in [-0.39, 0.29) is 18.3 Å². The summed E-state index contributed by atoms with van der Waals surface area (Å²) >= 11 is 5.91. The third-order valence-electron chi connectivity index (χ3n) is 3.86. The fourth-order valence-corrected chi connectivity index (χ4v) is 2.59. The van der Waals surface area contributed by atoms with Gasteiger partial charge < -0.3 is 10.1 Å². The van der Waals surface area contributed by atoms with E-state index in [1.807, 2.05) is 19.1 Å². The Hall–Kier alpha value is -3.25. The van der Waals surface area contributed by atoms with E-state index in [9.17, 15) is 9.59 Å². The second kappa shape index (κ2) is 8.63. The molecular weight excluding hydrogens is 378 g/mol. The van der Waals surface area contributed by atoms with Gasteiger partial charge in [-0.15, -0.1) is 0 Å². The standard InChI is InChI=1S/C21H18ClN3O3/c1-13-11-20(25-21(23-13)16-3-7-17(22)8-4-16)28-12-19(27)24-18-9-5-15(6-10-18)14(2)26/h3-11H,12H2,1-2H3,(H,24,27). The van der Waals surface area contributed by atoms with E-state index < -0.39 is 0 Å². The number of benzene rings is 2. The predicted octanol–water partition coefficient (Wildman–Crippen LogP) is 4.33. The molecule has 1 amide bonds. The lowest BCUT2D eigenvalue weighted by Crippen LogP contribution is -2.20. The first kappa shape index (κ1) is 19.5. The van der Waals surface area contributed by atoms with Crippen molar-refractivity contribution in [1.82, 2.24) is 9.97 Å². The molecule has 1 N–H and O–H groups in total. The maximum absolute atomic E-state index is 12.1. The first-order valence-corrected chi connectivity index (χ1v) is 8.94. The lowest BCUT2D eigenvalue weighted by Gasteiger charge is -2.09. The number of ketones is 1. The minimum atomic E-state index is -0.333. The predicted molar refractivity (Wildman–Crippen MR) is 108 cm³/mol. The zero-order valence-corrected chi connectivity index (χ0v) is 16.2. The largest absolute Gasteiger partial charge is 0.467 e. The van der Waals surface area contributed by atoms with Crippen molar-refractivity contribution in [3.8, 4) is 17.3 Å². The van der Waals surface area contributed by atoms with Crippen LogP contribution in [0.1, 0.15) is 23.0 Å². The Morgan fingerprint density at radius 3 is 2.36 bits per heavy atom. The third kappa shape index (κ3) is 5.14. The Labute approximate surface area is 167 Å². The maximum atomic E-state index is 12.1. The van der Waals surface area contributed by atoms with Gasteiger partial charge in [0.25, 0.3) is 5.91 Å². The van der Waals surface area contributed by atoms with E-state index in [1.54, 1.807) is 42.5 Å². The van der Waals surface area contributed by atoms with Gasteiger partial charge in [0.1, 0.15) is 0 Å². The third-order valence-corrected chi connectivity index (χ3v) is 4.11. The molecule has 0 aliphatic rings. The number of nitrogens with one attached hydrogen (secondary N) is 1. The summed E-state index contributed by atoms with van der Waals surface area (Å²) in [5, 5.41) is 3.34.